The lowest BCUT2D eigenvalue weighted by Gasteiger charge is -2.40. The highest BCUT2D eigenvalue weighted by molar-refractivity contribution is 6.09. The predicted molar refractivity (Wildman–Crippen MR) is 119 cm³/mol. The van der Waals surface area contributed by atoms with Crippen LogP contribution in [0.5, 0.6) is 0 Å². The molecule has 174 valence electrons. The number of alkyl halides is 3. The van der Waals surface area contributed by atoms with Gasteiger partial charge in [0.15, 0.2) is 0 Å². The molecule has 1 amide bonds. The zero-order valence-electron chi connectivity index (χ0n) is 18.3. The van der Waals surface area contributed by atoms with Gasteiger partial charge in [-0.15, -0.1) is 0 Å². The second-order valence-electron chi connectivity index (χ2n) is 8.66. The van der Waals surface area contributed by atoms with Crippen molar-refractivity contribution < 1.29 is 18.0 Å². The number of hydrogen-bond acceptors (Lipinski definition) is 5. The van der Waals surface area contributed by atoms with Crippen LogP contribution in [0.1, 0.15) is 28.7 Å². The Morgan fingerprint density at radius 3 is 2.56 bits per heavy atom. The van der Waals surface area contributed by atoms with Crippen LogP contribution in [0.25, 0.3) is 0 Å². The third-order valence-corrected chi connectivity index (χ3v) is 6.29. The number of hydrogen-bond donors (Lipinski definition) is 0. The van der Waals surface area contributed by atoms with Crippen LogP contribution in [0, 0.1) is 11.3 Å². The van der Waals surface area contributed by atoms with E-state index in [2.05, 4.69) is 20.9 Å². The Labute approximate surface area is 195 Å². The van der Waals surface area contributed by atoms with Crippen molar-refractivity contribution in [2.75, 3.05) is 26.2 Å². The largest absolute Gasteiger partial charge is 0.416 e. The van der Waals surface area contributed by atoms with E-state index < -0.39 is 11.7 Å². The van der Waals surface area contributed by atoms with E-state index in [1.165, 1.54) is 12.1 Å². The first-order valence-corrected chi connectivity index (χ1v) is 11.1. The average molecular weight is 465 g/mol. The molecule has 0 atom stereocenters. The van der Waals surface area contributed by atoms with Gasteiger partial charge in [0.2, 0.25) is 5.96 Å². The molecule has 5 rings (SSSR count). The highest BCUT2D eigenvalue weighted by Crippen LogP contribution is 2.33. The van der Waals surface area contributed by atoms with Crippen molar-refractivity contribution in [1.29, 1.82) is 5.26 Å². The number of carbonyl (C=O) groups excluding carboxylic acids is 1. The van der Waals surface area contributed by atoms with Crippen molar-refractivity contribution in [1.82, 2.24) is 14.7 Å². The van der Waals surface area contributed by atoms with Gasteiger partial charge in [0.05, 0.1) is 29.3 Å². The van der Waals surface area contributed by atoms with Gasteiger partial charge in [0, 0.05) is 38.4 Å². The second kappa shape index (κ2) is 8.61. The lowest BCUT2D eigenvalue weighted by atomic mass is 10.1. The maximum Gasteiger partial charge on any atom is 0.416 e. The van der Waals surface area contributed by atoms with Crippen LogP contribution in [-0.4, -0.2) is 52.7 Å². The number of aliphatic imine (C=N–C) groups is 1. The van der Waals surface area contributed by atoms with Gasteiger partial charge >= 0.3 is 6.18 Å². The van der Waals surface area contributed by atoms with Gasteiger partial charge in [-0.2, -0.15) is 18.4 Å². The Morgan fingerprint density at radius 2 is 1.82 bits per heavy atom. The molecule has 3 aliphatic rings. The number of carbonyl (C=O) groups is 1. The number of nitrogens with zero attached hydrogens (tertiary/aromatic N) is 5. The van der Waals surface area contributed by atoms with Crippen molar-refractivity contribution in [3.8, 4) is 6.07 Å². The van der Waals surface area contributed by atoms with E-state index in [1.807, 2.05) is 18.2 Å². The minimum absolute atomic E-state index is 0.153. The van der Waals surface area contributed by atoms with Crippen LogP contribution in [0.15, 0.2) is 64.8 Å². The summed E-state index contributed by atoms with van der Waals surface area (Å²) in [6.45, 7) is 3.19. The first-order chi connectivity index (χ1) is 16.3. The van der Waals surface area contributed by atoms with E-state index in [4.69, 9.17) is 5.26 Å². The van der Waals surface area contributed by atoms with E-state index in [-0.39, 0.29) is 12.5 Å². The van der Waals surface area contributed by atoms with Crippen molar-refractivity contribution in [3.05, 3.63) is 82.1 Å². The topological polar surface area (TPSA) is 62.9 Å². The van der Waals surface area contributed by atoms with E-state index in [0.717, 1.165) is 36.4 Å². The minimum Gasteiger partial charge on any atom is -0.314 e. The smallest absolute Gasteiger partial charge is 0.314 e. The molecule has 0 unspecified atom stereocenters. The maximum absolute atomic E-state index is 13.5. The summed E-state index contributed by atoms with van der Waals surface area (Å²) in [5.74, 6) is 0.420. The quantitative estimate of drug-likeness (QED) is 0.690. The lowest BCUT2D eigenvalue weighted by molar-refractivity contribution is -0.137. The summed E-state index contributed by atoms with van der Waals surface area (Å²) in [4.78, 5) is 23.9. The molecular weight excluding hydrogens is 443 g/mol. The number of rotatable bonds is 4. The van der Waals surface area contributed by atoms with Gasteiger partial charge in [-0.1, -0.05) is 24.3 Å². The third kappa shape index (κ3) is 4.17. The van der Waals surface area contributed by atoms with Crippen LogP contribution >= 0.6 is 0 Å². The van der Waals surface area contributed by atoms with Crippen LogP contribution in [-0.2, 0) is 24.1 Å². The molecule has 6 nitrogen and oxygen atoms in total. The second-order valence-corrected chi connectivity index (χ2v) is 8.66. The molecule has 0 bridgehead atoms. The van der Waals surface area contributed by atoms with Crippen molar-refractivity contribution in [2.45, 2.75) is 25.7 Å². The molecule has 0 N–H and O–H groups in total. The van der Waals surface area contributed by atoms with Gasteiger partial charge in [-0.05, 0) is 41.8 Å². The highest BCUT2D eigenvalue weighted by Gasteiger charge is 2.42. The number of nitriles is 1. The van der Waals surface area contributed by atoms with Gasteiger partial charge in [0.1, 0.15) is 0 Å². The van der Waals surface area contributed by atoms with E-state index in [9.17, 15) is 18.0 Å². The Balaban J connectivity index is 1.37. The number of guanidine groups is 1. The SMILES string of the molecule is N#Cc1cccc(CN2CC3=C(C2)N2CCCN=C2N(Cc2ccc(C(F)(F)F)cc2)C3=O)c1. The fourth-order valence-electron chi connectivity index (χ4n) is 4.68. The standard InChI is InChI=1S/C25H22F3N5O/c26-25(27,28)20-7-5-17(6-8-20)14-33-23(34)21-15-31(13-19-4-1-3-18(11-19)12-29)16-22(21)32-10-2-9-30-24(32)33/h1,3-8,11H,2,9-10,13-16H2. The number of halogens is 3. The molecule has 0 fully saturated rings. The Bertz CT molecular complexity index is 1230. The minimum atomic E-state index is -4.40. The third-order valence-electron chi connectivity index (χ3n) is 6.29. The summed E-state index contributed by atoms with van der Waals surface area (Å²) in [6.07, 6.45) is -3.53. The summed E-state index contributed by atoms with van der Waals surface area (Å²) in [7, 11) is 0. The molecule has 0 aliphatic carbocycles. The van der Waals surface area contributed by atoms with Crippen molar-refractivity contribution in [2.24, 2.45) is 4.99 Å². The Kier molecular flexibility index (Phi) is 5.62. The summed E-state index contributed by atoms with van der Waals surface area (Å²) in [5, 5.41) is 9.16. The summed E-state index contributed by atoms with van der Waals surface area (Å²) in [6, 6.07) is 14.5. The molecule has 3 heterocycles. The predicted octanol–water partition coefficient (Wildman–Crippen LogP) is 3.75. The van der Waals surface area contributed by atoms with E-state index in [0.29, 0.717) is 48.8 Å². The molecule has 0 spiro atoms. The first kappa shape index (κ1) is 22.2. The van der Waals surface area contributed by atoms with Crippen LogP contribution in [0.2, 0.25) is 0 Å². The Morgan fingerprint density at radius 1 is 1.03 bits per heavy atom. The van der Waals surface area contributed by atoms with Gasteiger partial charge in [0.25, 0.3) is 5.91 Å². The molecule has 2 aromatic carbocycles. The monoisotopic (exact) mass is 465 g/mol. The summed E-state index contributed by atoms with van der Waals surface area (Å²) in [5.41, 5.74) is 3.14. The number of fused-ring (bicyclic) bond motifs is 2. The first-order valence-electron chi connectivity index (χ1n) is 11.1. The van der Waals surface area contributed by atoms with Gasteiger partial charge in [-0.25, -0.2) is 0 Å². The molecule has 3 aliphatic heterocycles. The maximum atomic E-state index is 13.5. The zero-order valence-corrected chi connectivity index (χ0v) is 18.3. The molecule has 2 aromatic rings. The zero-order chi connectivity index (χ0) is 23.9. The fourth-order valence-corrected chi connectivity index (χ4v) is 4.68. The molecule has 34 heavy (non-hydrogen) atoms. The molecule has 0 saturated heterocycles. The molecule has 0 saturated carbocycles. The average Bonchev–Trinajstić information content (AvgIpc) is 3.26. The van der Waals surface area contributed by atoms with E-state index in [1.54, 1.807) is 11.0 Å². The van der Waals surface area contributed by atoms with Crippen LogP contribution in [0.4, 0.5) is 13.2 Å². The van der Waals surface area contributed by atoms with E-state index >= 15 is 0 Å². The highest BCUT2D eigenvalue weighted by atomic mass is 19.4. The normalized spacial score (nSPS) is 18.5. The van der Waals surface area contributed by atoms with Crippen molar-refractivity contribution in [3.63, 3.8) is 0 Å². The number of amides is 1. The van der Waals surface area contributed by atoms with Crippen LogP contribution in [0.3, 0.4) is 0 Å². The lowest BCUT2D eigenvalue weighted by Crippen LogP contribution is -2.53. The summed E-state index contributed by atoms with van der Waals surface area (Å²) >= 11 is 0. The summed E-state index contributed by atoms with van der Waals surface area (Å²) < 4.78 is 38.8. The molecule has 9 heteroatoms. The van der Waals surface area contributed by atoms with Gasteiger partial charge in [-0.3, -0.25) is 19.6 Å². The Hall–Kier alpha value is -3.64. The van der Waals surface area contributed by atoms with Gasteiger partial charge < -0.3 is 4.90 Å². The molecular formula is C25H22F3N5O. The molecule has 0 aromatic heterocycles. The molecule has 0 radical (unpaired) electrons. The fraction of sp³-hybridized carbons (Fsp3) is 0.320. The number of benzene rings is 2. The van der Waals surface area contributed by atoms with Crippen LogP contribution < -0.4 is 0 Å². The van der Waals surface area contributed by atoms with Crippen molar-refractivity contribution >= 4 is 11.9 Å².